The largest absolute Gasteiger partial charge is 0.508 e. The van der Waals surface area contributed by atoms with Crippen LogP contribution in [0, 0.1) is 30.1 Å². The highest BCUT2D eigenvalue weighted by atomic mass is 35.5. The van der Waals surface area contributed by atoms with E-state index in [2.05, 4.69) is 28.4 Å². The van der Waals surface area contributed by atoms with Gasteiger partial charge < -0.3 is 15.3 Å². The molecule has 0 aliphatic heterocycles. The Bertz CT molecular complexity index is 1090. The van der Waals surface area contributed by atoms with E-state index in [9.17, 15) is 9.90 Å². The fourth-order valence-electron chi connectivity index (χ4n) is 7.08. The van der Waals surface area contributed by atoms with Crippen molar-refractivity contribution in [2.45, 2.75) is 64.7 Å². The van der Waals surface area contributed by atoms with Crippen LogP contribution in [-0.4, -0.2) is 28.8 Å². The summed E-state index contributed by atoms with van der Waals surface area (Å²) in [6, 6.07) is 5.93. The maximum atomic E-state index is 12.7. The van der Waals surface area contributed by atoms with Crippen LogP contribution in [0.1, 0.15) is 67.4 Å². The van der Waals surface area contributed by atoms with Gasteiger partial charge in [0.15, 0.2) is 5.13 Å². The fraction of sp³-hybridized carbons (Fsp3) is 0.577. The average molecular weight is 504 g/mol. The van der Waals surface area contributed by atoms with E-state index in [0.29, 0.717) is 41.0 Å². The molecule has 0 spiro atoms. The zero-order valence-corrected chi connectivity index (χ0v) is 21.7. The number of carbonyl (C=O) groups is 1. The van der Waals surface area contributed by atoms with Crippen LogP contribution in [0.3, 0.4) is 0 Å². The summed E-state index contributed by atoms with van der Waals surface area (Å²) in [5.74, 6) is 2.40. The number of aromatic hydroxyl groups is 1. The number of halogens is 1. The molecule has 0 radical (unpaired) electrons. The van der Waals surface area contributed by atoms with Gasteiger partial charge >= 0.3 is 0 Å². The van der Waals surface area contributed by atoms with Crippen LogP contribution in [0.5, 0.6) is 5.75 Å². The molecule has 1 aromatic heterocycles. The van der Waals surface area contributed by atoms with Crippen molar-refractivity contribution in [2.24, 2.45) is 28.3 Å². The van der Waals surface area contributed by atoms with Gasteiger partial charge in [-0.05, 0) is 92.4 Å². The second kappa shape index (κ2) is 9.86. The van der Waals surface area contributed by atoms with Crippen molar-refractivity contribution in [3.8, 4) is 5.75 Å². The van der Waals surface area contributed by atoms with Crippen molar-refractivity contribution >= 4 is 40.5 Å². The first kappa shape index (κ1) is 25.0. The van der Waals surface area contributed by atoms with E-state index in [0.717, 1.165) is 43.4 Å². The molecule has 5 atom stereocenters. The molecular weight excluding hydrogens is 470 g/mol. The molecule has 1 heterocycles. The Morgan fingerprint density at radius 3 is 2.94 bits per heavy atom. The summed E-state index contributed by atoms with van der Waals surface area (Å²) >= 11 is 1.51. The zero-order valence-electron chi connectivity index (χ0n) is 20.0. The molecule has 5 rings (SSSR count). The summed E-state index contributed by atoms with van der Waals surface area (Å²) in [4.78, 5) is 23.3. The number of hydrogen-bond acceptors (Lipinski definition) is 6. The number of nitrogens with one attached hydrogen (secondary N) is 1. The van der Waals surface area contributed by atoms with Crippen LogP contribution in [0.2, 0.25) is 0 Å². The van der Waals surface area contributed by atoms with E-state index in [1.807, 2.05) is 19.1 Å². The summed E-state index contributed by atoms with van der Waals surface area (Å²) < 4.78 is 0. The first-order valence-corrected chi connectivity index (χ1v) is 12.8. The van der Waals surface area contributed by atoms with Gasteiger partial charge in [-0.25, -0.2) is 4.98 Å². The molecular formula is C26H34ClN3O3S. The van der Waals surface area contributed by atoms with Gasteiger partial charge in [-0.1, -0.05) is 18.1 Å². The van der Waals surface area contributed by atoms with Crippen LogP contribution in [0.4, 0.5) is 5.13 Å². The third-order valence-electron chi connectivity index (χ3n) is 8.40. The van der Waals surface area contributed by atoms with Crippen molar-refractivity contribution < 1.29 is 14.7 Å². The third kappa shape index (κ3) is 4.44. The number of aryl methyl sites for hydroxylation is 2. The standard InChI is InChI=1S/C26H33N3O3S.ClH/c1-15-14-27-25(33-15)28-23(31)9-5-17-13-22(29-32-3)26(2)11-10-20-19-8-6-18(30)12-16(19)4-7-21(20)24(17)26;/h6,8,12,14,17,20-21,24,30H,4-5,7,9-11,13H2,1-3H3,(H,27,28,31);1H/t17-,20?,21?,24?,26-;/m1./s1. The molecule has 3 unspecified atom stereocenters. The molecule has 2 N–H and O–H groups in total. The number of rotatable bonds is 5. The predicted octanol–water partition coefficient (Wildman–Crippen LogP) is 6.08. The maximum absolute atomic E-state index is 12.7. The van der Waals surface area contributed by atoms with E-state index in [1.165, 1.54) is 28.2 Å². The molecule has 2 fully saturated rings. The van der Waals surface area contributed by atoms with Gasteiger partial charge in [0.25, 0.3) is 0 Å². The third-order valence-corrected chi connectivity index (χ3v) is 9.22. The highest BCUT2D eigenvalue weighted by Crippen LogP contribution is 2.62. The van der Waals surface area contributed by atoms with Gasteiger partial charge in [0, 0.05) is 22.9 Å². The van der Waals surface area contributed by atoms with E-state index in [1.54, 1.807) is 13.3 Å². The van der Waals surface area contributed by atoms with Crippen LogP contribution < -0.4 is 5.32 Å². The summed E-state index contributed by atoms with van der Waals surface area (Å²) in [5, 5.41) is 18.1. The number of amides is 1. The van der Waals surface area contributed by atoms with E-state index in [4.69, 9.17) is 4.84 Å². The quantitative estimate of drug-likeness (QED) is 0.484. The van der Waals surface area contributed by atoms with E-state index >= 15 is 0 Å². The minimum absolute atomic E-state index is 0. The minimum atomic E-state index is 0. The van der Waals surface area contributed by atoms with Crippen LogP contribution in [0.15, 0.2) is 29.6 Å². The average Bonchev–Trinajstić information content (AvgIpc) is 3.32. The minimum Gasteiger partial charge on any atom is -0.508 e. The van der Waals surface area contributed by atoms with Crippen molar-refractivity contribution in [3.05, 3.63) is 40.4 Å². The Hall–Kier alpha value is -2.12. The number of benzene rings is 1. The lowest BCUT2D eigenvalue weighted by Crippen LogP contribution is -2.44. The van der Waals surface area contributed by atoms with E-state index in [-0.39, 0.29) is 23.7 Å². The Morgan fingerprint density at radius 2 is 2.21 bits per heavy atom. The van der Waals surface area contributed by atoms with Crippen molar-refractivity contribution in [2.75, 3.05) is 12.4 Å². The molecule has 2 saturated carbocycles. The summed E-state index contributed by atoms with van der Waals surface area (Å²) in [7, 11) is 1.64. The van der Waals surface area contributed by atoms with Crippen molar-refractivity contribution in [1.82, 2.24) is 4.98 Å². The number of fused-ring (bicyclic) bond motifs is 5. The summed E-state index contributed by atoms with van der Waals surface area (Å²) in [6.07, 6.45) is 8.40. The molecule has 3 aliphatic rings. The van der Waals surface area contributed by atoms with Gasteiger partial charge in [0.1, 0.15) is 12.9 Å². The summed E-state index contributed by atoms with van der Waals surface area (Å²) in [5.41, 5.74) is 3.92. The Morgan fingerprint density at radius 1 is 1.38 bits per heavy atom. The van der Waals surface area contributed by atoms with Gasteiger partial charge in [-0.3, -0.25) is 4.79 Å². The van der Waals surface area contributed by atoms with Crippen molar-refractivity contribution in [3.63, 3.8) is 0 Å². The number of anilines is 1. The molecule has 34 heavy (non-hydrogen) atoms. The van der Waals surface area contributed by atoms with E-state index < -0.39 is 0 Å². The van der Waals surface area contributed by atoms with Gasteiger partial charge in [-0.2, -0.15) is 0 Å². The normalized spacial score (nSPS) is 30.6. The lowest BCUT2D eigenvalue weighted by atomic mass is 9.54. The first-order valence-electron chi connectivity index (χ1n) is 12.0. The Labute approximate surface area is 211 Å². The molecule has 8 heteroatoms. The smallest absolute Gasteiger partial charge is 0.226 e. The molecule has 1 aromatic carbocycles. The van der Waals surface area contributed by atoms with Crippen LogP contribution in [-0.2, 0) is 16.1 Å². The number of hydrogen-bond donors (Lipinski definition) is 2. The number of aromatic nitrogens is 1. The second-order valence-electron chi connectivity index (χ2n) is 10.2. The van der Waals surface area contributed by atoms with Crippen molar-refractivity contribution in [1.29, 1.82) is 0 Å². The summed E-state index contributed by atoms with van der Waals surface area (Å²) in [6.45, 7) is 4.36. The number of nitrogens with zero attached hydrogens (tertiary/aromatic N) is 2. The molecule has 0 bridgehead atoms. The number of thiazole rings is 1. The molecule has 6 nitrogen and oxygen atoms in total. The Balaban J connectivity index is 0.00000274. The molecule has 0 saturated heterocycles. The lowest BCUT2D eigenvalue weighted by molar-refractivity contribution is -0.116. The predicted molar refractivity (Wildman–Crippen MR) is 138 cm³/mol. The lowest BCUT2D eigenvalue weighted by Gasteiger charge is -2.50. The van der Waals surface area contributed by atoms with Gasteiger partial charge in [0.05, 0.1) is 5.71 Å². The molecule has 3 aliphatic carbocycles. The second-order valence-corrected chi connectivity index (χ2v) is 11.5. The fourth-order valence-corrected chi connectivity index (χ4v) is 7.76. The molecule has 1 amide bonds. The van der Waals surface area contributed by atoms with Crippen LogP contribution >= 0.6 is 23.7 Å². The monoisotopic (exact) mass is 503 g/mol. The topological polar surface area (TPSA) is 83.8 Å². The number of phenols is 1. The molecule has 184 valence electrons. The maximum Gasteiger partial charge on any atom is 0.226 e. The number of oxime groups is 1. The van der Waals surface area contributed by atoms with Gasteiger partial charge in [-0.15, -0.1) is 23.7 Å². The highest BCUT2D eigenvalue weighted by Gasteiger charge is 2.57. The Kier molecular flexibility index (Phi) is 7.25. The number of phenolic OH excluding ortho intramolecular Hbond substituents is 1. The van der Waals surface area contributed by atoms with Gasteiger partial charge in [0.2, 0.25) is 5.91 Å². The molecule has 2 aromatic rings. The number of carbonyl (C=O) groups excluding carboxylic acids is 1. The highest BCUT2D eigenvalue weighted by molar-refractivity contribution is 7.15. The van der Waals surface area contributed by atoms with Crippen LogP contribution in [0.25, 0.3) is 0 Å². The SMILES string of the molecule is CON=C1C[C@@H](CCC(=O)Nc2ncc(C)s2)C2C3CCc4cc(O)ccc4C3CC[C@]12C.Cl. The zero-order chi connectivity index (χ0) is 23.2. The first-order chi connectivity index (χ1) is 15.9.